The molecule has 0 radical (unpaired) electrons. The van der Waals surface area contributed by atoms with Gasteiger partial charge in [0.05, 0.1) is 10.7 Å². The second kappa shape index (κ2) is 7.96. The standard InChI is InChI=1S/C16H14BrClN2O2/c1-11(12-6-8-13(17)9-7-12)19-20-16(21)10-22-15-5-3-2-4-14(15)18/h2-9H,10H2,1H3,(H,20,21)/b19-11+. The molecule has 0 aliphatic heterocycles. The highest BCUT2D eigenvalue weighted by Gasteiger charge is 2.05. The predicted octanol–water partition coefficient (Wildman–Crippen LogP) is 4.02. The highest BCUT2D eigenvalue weighted by Crippen LogP contribution is 2.22. The highest BCUT2D eigenvalue weighted by atomic mass is 79.9. The smallest absolute Gasteiger partial charge is 0.277 e. The summed E-state index contributed by atoms with van der Waals surface area (Å²) in [5, 5.41) is 4.51. The summed E-state index contributed by atoms with van der Waals surface area (Å²) in [6.45, 7) is 1.67. The molecule has 0 saturated heterocycles. The van der Waals surface area contributed by atoms with Gasteiger partial charge in [0.2, 0.25) is 0 Å². The Morgan fingerprint density at radius 2 is 1.91 bits per heavy atom. The van der Waals surface area contributed by atoms with E-state index in [1.165, 1.54) is 0 Å². The van der Waals surface area contributed by atoms with Gasteiger partial charge in [-0.15, -0.1) is 0 Å². The van der Waals surface area contributed by atoms with Crippen molar-refractivity contribution in [3.63, 3.8) is 0 Å². The lowest BCUT2D eigenvalue weighted by Gasteiger charge is -2.07. The van der Waals surface area contributed by atoms with E-state index >= 15 is 0 Å². The molecule has 0 atom stereocenters. The Labute approximate surface area is 142 Å². The van der Waals surface area contributed by atoms with E-state index in [-0.39, 0.29) is 12.5 Å². The number of halogens is 2. The molecule has 114 valence electrons. The highest BCUT2D eigenvalue weighted by molar-refractivity contribution is 9.10. The Balaban J connectivity index is 1.88. The summed E-state index contributed by atoms with van der Waals surface area (Å²) in [6.07, 6.45) is 0. The number of carbonyl (C=O) groups excluding carboxylic acids is 1. The SMILES string of the molecule is C/C(=N\NC(=O)COc1ccccc1Cl)c1ccc(Br)cc1. The van der Waals surface area contributed by atoms with Gasteiger partial charge in [0.15, 0.2) is 6.61 Å². The topological polar surface area (TPSA) is 50.7 Å². The van der Waals surface area contributed by atoms with E-state index in [4.69, 9.17) is 16.3 Å². The van der Waals surface area contributed by atoms with Gasteiger partial charge >= 0.3 is 0 Å². The third-order valence-corrected chi connectivity index (χ3v) is 3.65. The summed E-state index contributed by atoms with van der Waals surface area (Å²) in [6, 6.07) is 14.6. The van der Waals surface area contributed by atoms with Crippen molar-refractivity contribution in [2.75, 3.05) is 6.61 Å². The molecule has 0 unspecified atom stereocenters. The maximum absolute atomic E-state index is 11.7. The molecule has 4 nitrogen and oxygen atoms in total. The average molecular weight is 382 g/mol. The molecule has 2 aromatic carbocycles. The fourth-order valence-corrected chi connectivity index (χ4v) is 2.09. The summed E-state index contributed by atoms with van der Waals surface area (Å²) in [5.74, 6) is 0.115. The van der Waals surface area contributed by atoms with Gasteiger partial charge in [-0.25, -0.2) is 5.43 Å². The van der Waals surface area contributed by atoms with Crippen molar-refractivity contribution in [3.8, 4) is 5.75 Å². The van der Waals surface area contributed by atoms with E-state index in [0.717, 1.165) is 10.0 Å². The molecule has 0 aromatic heterocycles. The maximum Gasteiger partial charge on any atom is 0.277 e. The van der Waals surface area contributed by atoms with Crippen LogP contribution in [0.2, 0.25) is 5.02 Å². The van der Waals surface area contributed by atoms with Gasteiger partial charge in [0, 0.05) is 4.47 Å². The first-order valence-corrected chi connectivity index (χ1v) is 7.70. The zero-order valence-electron chi connectivity index (χ0n) is 11.8. The van der Waals surface area contributed by atoms with Crippen molar-refractivity contribution in [1.82, 2.24) is 5.43 Å². The van der Waals surface area contributed by atoms with Crippen LogP contribution >= 0.6 is 27.5 Å². The normalized spacial score (nSPS) is 11.1. The first kappa shape index (κ1) is 16.5. The number of benzene rings is 2. The van der Waals surface area contributed by atoms with E-state index in [2.05, 4.69) is 26.5 Å². The molecule has 22 heavy (non-hydrogen) atoms. The van der Waals surface area contributed by atoms with Gasteiger partial charge < -0.3 is 4.74 Å². The summed E-state index contributed by atoms with van der Waals surface area (Å²) < 4.78 is 6.32. The quantitative estimate of drug-likeness (QED) is 0.628. The van der Waals surface area contributed by atoms with E-state index in [9.17, 15) is 4.79 Å². The Hall–Kier alpha value is -1.85. The van der Waals surface area contributed by atoms with Crippen molar-refractivity contribution < 1.29 is 9.53 Å². The molecule has 1 amide bonds. The Kier molecular flexibility index (Phi) is 5.98. The molecule has 0 bridgehead atoms. The monoisotopic (exact) mass is 380 g/mol. The molecule has 0 spiro atoms. The lowest BCUT2D eigenvalue weighted by molar-refractivity contribution is -0.123. The number of rotatable bonds is 5. The number of carbonyl (C=O) groups is 1. The molecule has 6 heteroatoms. The molecule has 1 N–H and O–H groups in total. The van der Waals surface area contributed by atoms with Crippen LogP contribution in [-0.4, -0.2) is 18.2 Å². The zero-order valence-corrected chi connectivity index (χ0v) is 14.2. The second-order valence-electron chi connectivity index (χ2n) is 4.46. The van der Waals surface area contributed by atoms with Gasteiger partial charge in [-0.05, 0) is 36.8 Å². The number of hydrazone groups is 1. The van der Waals surface area contributed by atoms with Gasteiger partial charge in [0.25, 0.3) is 5.91 Å². The molecular formula is C16H14BrClN2O2. The molecule has 0 aliphatic carbocycles. The van der Waals surface area contributed by atoms with Crippen LogP contribution in [0.1, 0.15) is 12.5 Å². The van der Waals surface area contributed by atoms with E-state index in [1.807, 2.05) is 31.2 Å². The number of amides is 1. The van der Waals surface area contributed by atoms with Crippen LogP contribution < -0.4 is 10.2 Å². The molecule has 2 rings (SSSR count). The number of ether oxygens (including phenoxy) is 1. The van der Waals surface area contributed by atoms with Gasteiger partial charge in [0.1, 0.15) is 5.75 Å². The Morgan fingerprint density at radius 1 is 1.23 bits per heavy atom. The van der Waals surface area contributed by atoms with Crippen molar-refractivity contribution in [3.05, 3.63) is 63.6 Å². The number of hydrogen-bond donors (Lipinski definition) is 1. The molecule has 2 aromatic rings. The van der Waals surface area contributed by atoms with Gasteiger partial charge in [-0.3, -0.25) is 4.79 Å². The van der Waals surface area contributed by atoms with E-state index < -0.39 is 0 Å². The van der Waals surface area contributed by atoms with Crippen molar-refractivity contribution in [1.29, 1.82) is 0 Å². The van der Waals surface area contributed by atoms with E-state index in [0.29, 0.717) is 16.5 Å². The average Bonchev–Trinajstić information content (AvgIpc) is 2.52. The largest absolute Gasteiger partial charge is 0.482 e. The summed E-state index contributed by atoms with van der Waals surface area (Å²) in [4.78, 5) is 11.7. The number of nitrogens with one attached hydrogen (secondary N) is 1. The second-order valence-corrected chi connectivity index (χ2v) is 5.78. The summed E-state index contributed by atoms with van der Waals surface area (Å²) >= 11 is 9.31. The first-order chi connectivity index (χ1) is 10.6. The lowest BCUT2D eigenvalue weighted by Crippen LogP contribution is -2.25. The molecule has 0 heterocycles. The fraction of sp³-hybridized carbons (Fsp3) is 0.125. The van der Waals surface area contributed by atoms with Crippen LogP contribution in [0.5, 0.6) is 5.75 Å². The third kappa shape index (κ3) is 4.86. The van der Waals surface area contributed by atoms with Gasteiger partial charge in [-0.2, -0.15) is 5.10 Å². The van der Waals surface area contributed by atoms with E-state index in [1.54, 1.807) is 24.3 Å². The third-order valence-electron chi connectivity index (χ3n) is 2.81. The van der Waals surface area contributed by atoms with Crippen molar-refractivity contribution >= 4 is 39.1 Å². The van der Waals surface area contributed by atoms with Crippen LogP contribution in [0.3, 0.4) is 0 Å². The fourth-order valence-electron chi connectivity index (χ4n) is 1.64. The van der Waals surface area contributed by atoms with Crippen molar-refractivity contribution in [2.24, 2.45) is 5.10 Å². The zero-order chi connectivity index (χ0) is 15.9. The van der Waals surface area contributed by atoms with Crippen molar-refractivity contribution in [2.45, 2.75) is 6.92 Å². The Bertz CT molecular complexity index is 687. The van der Waals surface area contributed by atoms with Crippen LogP contribution in [0.4, 0.5) is 0 Å². The number of para-hydroxylation sites is 1. The lowest BCUT2D eigenvalue weighted by atomic mass is 10.1. The van der Waals surface area contributed by atoms with Gasteiger partial charge in [-0.1, -0.05) is 51.8 Å². The summed E-state index contributed by atoms with van der Waals surface area (Å²) in [7, 11) is 0. The minimum atomic E-state index is -0.351. The van der Waals surface area contributed by atoms with Crippen LogP contribution in [0, 0.1) is 0 Å². The number of hydrogen-bond acceptors (Lipinski definition) is 3. The van der Waals surface area contributed by atoms with Crippen LogP contribution in [0.15, 0.2) is 58.1 Å². The Morgan fingerprint density at radius 3 is 2.59 bits per heavy atom. The number of nitrogens with zero attached hydrogens (tertiary/aromatic N) is 1. The predicted molar refractivity (Wildman–Crippen MR) is 91.4 cm³/mol. The summed E-state index contributed by atoms with van der Waals surface area (Å²) in [5.41, 5.74) is 4.09. The molecule has 0 fully saturated rings. The first-order valence-electron chi connectivity index (χ1n) is 6.52. The maximum atomic E-state index is 11.7. The molecule has 0 aliphatic rings. The minimum Gasteiger partial charge on any atom is -0.482 e. The van der Waals surface area contributed by atoms with Crippen LogP contribution in [-0.2, 0) is 4.79 Å². The molecule has 0 saturated carbocycles. The molecular weight excluding hydrogens is 368 g/mol. The van der Waals surface area contributed by atoms with Crippen LogP contribution in [0.25, 0.3) is 0 Å². The minimum absolute atomic E-state index is 0.152.